The summed E-state index contributed by atoms with van der Waals surface area (Å²) in [5.41, 5.74) is -6.09. The van der Waals surface area contributed by atoms with E-state index in [-0.39, 0.29) is 126 Å². The van der Waals surface area contributed by atoms with Crippen molar-refractivity contribution >= 4 is 59.4 Å². The third kappa shape index (κ3) is 18.4. The number of pyridine rings is 5. The number of carbonyl (C=O) groups excluding carboxylic acids is 7. The number of rotatable bonds is 20. The van der Waals surface area contributed by atoms with Gasteiger partial charge < -0.3 is 131 Å². The van der Waals surface area contributed by atoms with E-state index >= 15 is 0 Å². The predicted molar refractivity (Wildman–Crippen MR) is 419 cm³/mol. The lowest BCUT2D eigenvalue weighted by molar-refractivity contribution is -0.132. The summed E-state index contributed by atoms with van der Waals surface area (Å²) in [6, 6.07) is 11.4. The number of aliphatic hydroxyl groups excluding tert-OH is 1. The van der Waals surface area contributed by atoms with E-state index in [1.807, 2.05) is 0 Å². The second kappa shape index (κ2) is 38.1. The van der Waals surface area contributed by atoms with Gasteiger partial charge >= 0.3 is 29.8 Å². The minimum absolute atomic E-state index is 0.0446. The predicted octanol–water partition coefficient (Wildman–Crippen LogP) is 1.61. The Balaban J connectivity index is 0.000000144. The summed E-state index contributed by atoms with van der Waals surface area (Å²) < 4.78 is 84.2. The molecule has 0 spiro atoms. The zero-order valence-corrected chi connectivity index (χ0v) is 67.8. The number of nitrogens with one attached hydrogen (secondary N) is 2. The average molecular weight is 1750 g/mol. The number of carboxylic acids is 3. The molecule has 0 radical (unpaired) electrons. The minimum atomic E-state index is -1.87. The van der Waals surface area contributed by atoms with Crippen LogP contribution in [0.3, 0.4) is 0 Å². The number of amides is 5. The Morgan fingerprint density at radius 1 is 0.432 bits per heavy atom. The minimum Gasteiger partial charge on any atom is -0.503 e. The number of aromatic carboxylic acids is 3. The van der Waals surface area contributed by atoms with E-state index in [1.165, 1.54) is 107 Å². The molecule has 16 rings (SSSR count). The number of ether oxygens (including phenoxy) is 10. The number of fused-ring (bicyclic) bond motifs is 15. The lowest BCUT2D eigenvalue weighted by Crippen LogP contribution is -2.57. The van der Waals surface area contributed by atoms with Gasteiger partial charge in [0.05, 0.1) is 86.6 Å². The fraction of sp³-hybridized carbons (Fsp3) is 0.420. The van der Waals surface area contributed by atoms with Gasteiger partial charge in [-0.2, -0.15) is 0 Å². The summed E-state index contributed by atoms with van der Waals surface area (Å²) in [5, 5.41) is 71.3. The fourth-order valence-electron chi connectivity index (χ4n) is 16.5. The number of aromatic nitrogens is 5. The molecule has 125 heavy (non-hydrogen) atoms. The third-order valence-corrected chi connectivity index (χ3v) is 22.3. The Bertz CT molecular complexity index is 5590. The molecule has 3 saturated heterocycles. The number of carbonyl (C=O) groups is 10. The summed E-state index contributed by atoms with van der Waals surface area (Å²) in [6.45, 7) is 0.354. The largest absolute Gasteiger partial charge is 0.503 e. The maximum atomic E-state index is 13.0. The summed E-state index contributed by atoms with van der Waals surface area (Å²) in [5.74, 6) is -12.2. The molecule has 3 saturated carbocycles. The lowest BCUT2D eigenvalue weighted by Gasteiger charge is -2.44. The molecule has 666 valence electrons. The molecule has 11 heterocycles. The van der Waals surface area contributed by atoms with Crippen molar-refractivity contribution in [2.45, 2.75) is 171 Å². The maximum Gasteiger partial charge on any atom is 0.358 e. The lowest BCUT2D eigenvalue weighted by atomic mass is 10.1. The van der Waals surface area contributed by atoms with Gasteiger partial charge in [-0.25, -0.2) is 32.8 Å². The van der Waals surface area contributed by atoms with Crippen molar-refractivity contribution in [3.63, 3.8) is 0 Å². The fourth-order valence-corrected chi connectivity index (χ4v) is 16.5. The van der Waals surface area contributed by atoms with Gasteiger partial charge in [-0.1, -0.05) is 24.3 Å². The van der Waals surface area contributed by atoms with Crippen molar-refractivity contribution in [1.82, 2.24) is 48.2 Å². The average Bonchev–Trinajstić information content (AvgIpc) is 1.56. The van der Waals surface area contributed by atoms with Crippen LogP contribution in [0, 0.1) is 11.6 Å². The molecule has 6 fully saturated rings. The topological polar surface area (TPSA) is 548 Å². The van der Waals surface area contributed by atoms with E-state index in [0.29, 0.717) is 17.7 Å². The number of benzene rings is 2. The quantitative estimate of drug-likeness (QED) is 0.0387. The monoisotopic (exact) mass is 1750 g/mol. The number of halogens is 2. The number of hydrogen-bond donors (Lipinski definition) is 9. The Labute approximate surface area is 704 Å². The van der Waals surface area contributed by atoms with E-state index in [9.17, 15) is 96.0 Å². The van der Waals surface area contributed by atoms with Gasteiger partial charge in [0.2, 0.25) is 27.1 Å². The van der Waals surface area contributed by atoms with Crippen LogP contribution in [-0.4, -0.2) is 250 Å². The van der Waals surface area contributed by atoms with Gasteiger partial charge in [0.25, 0.3) is 29.5 Å². The van der Waals surface area contributed by atoms with Crippen LogP contribution in [0.5, 0.6) is 28.7 Å². The molecule has 9 atom stereocenters. The van der Waals surface area contributed by atoms with Crippen LogP contribution in [0.15, 0.2) is 103 Å². The SMILES string of the molecule is COC(=O)c1c(OC)c(=O)c(C(=O)O)cn1CC(O)O.COC(=O)c1c(OC)c(=O)c(C(=O)O)cn1CC(OC)OC.COc1c2n(cc(C(=O)O)c1=O)C[C@@H]1O[C@H]3CC[C@H](C3)N1C2=O.O=C(NCc1ccc(F)cc1)c1cn2c(c(O)c1=O)C(=O)N1[C@@H]3CC[C@@H](C3)O[C@H]1C2.O=C(NCc1ccc(F)cc1)c1cn2c(c(O)c1=O)C(=O)N1[C@@H]3CC[C@@H](C3)O[C@H]1C2. The molecule has 9 N–H and O–H groups in total. The van der Waals surface area contributed by atoms with E-state index < -0.39 is 164 Å². The van der Waals surface area contributed by atoms with E-state index in [1.54, 1.807) is 14.7 Å². The first-order valence-electron chi connectivity index (χ1n) is 38.7. The molecule has 7 aromatic rings. The van der Waals surface area contributed by atoms with Crippen molar-refractivity contribution in [1.29, 1.82) is 0 Å². The molecule has 0 unspecified atom stereocenters. The third-order valence-electron chi connectivity index (χ3n) is 22.3. The van der Waals surface area contributed by atoms with Crippen LogP contribution >= 0.6 is 0 Å². The smallest absolute Gasteiger partial charge is 0.358 e. The van der Waals surface area contributed by atoms with Gasteiger partial charge in [0.1, 0.15) is 39.5 Å². The van der Waals surface area contributed by atoms with Crippen molar-refractivity contribution in [2.75, 3.05) is 49.8 Å². The first kappa shape index (κ1) is 90.7. The summed E-state index contributed by atoms with van der Waals surface area (Å²) in [6.07, 6.45) is 9.54. The number of carboxylic acid groups (broad SMARTS) is 3. The van der Waals surface area contributed by atoms with Gasteiger partial charge in [-0.3, -0.25) is 47.9 Å². The van der Waals surface area contributed by atoms with Gasteiger partial charge in [-0.05, 0) is 93.2 Å². The molecular weight excluding hydrogens is 1660 g/mol. The molecule has 2 aromatic carbocycles. The normalized spacial score (nSPS) is 20.4. The van der Waals surface area contributed by atoms with Crippen molar-refractivity contribution in [3.8, 4) is 28.7 Å². The molecule has 3 aliphatic carbocycles. The molecular formula is C81H86F2N10O32. The van der Waals surface area contributed by atoms with Crippen LogP contribution in [0.2, 0.25) is 0 Å². The molecule has 9 aliphatic rings. The summed E-state index contributed by atoms with van der Waals surface area (Å²) in [7, 11) is 8.44. The van der Waals surface area contributed by atoms with Crippen LogP contribution in [0.25, 0.3) is 0 Å². The molecule has 6 aliphatic heterocycles. The highest BCUT2D eigenvalue weighted by Gasteiger charge is 2.51. The highest BCUT2D eigenvalue weighted by Crippen LogP contribution is 2.42. The Kier molecular flexibility index (Phi) is 27.6. The summed E-state index contributed by atoms with van der Waals surface area (Å²) >= 11 is 0. The number of nitrogens with zero attached hydrogens (tertiary/aromatic N) is 8. The highest BCUT2D eigenvalue weighted by atomic mass is 19.1. The number of hydrogen-bond acceptors (Lipinski definition) is 29. The van der Waals surface area contributed by atoms with Gasteiger partial charge in [0, 0.05) is 76.4 Å². The van der Waals surface area contributed by atoms with Crippen LogP contribution in [0.4, 0.5) is 8.78 Å². The molecule has 44 heteroatoms. The second-order valence-corrected chi connectivity index (χ2v) is 29.7. The zero-order chi connectivity index (χ0) is 90.6. The number of aromatic hydroxyl groups is 2. The van der Waals surface area contributed by atoms with Gasteiger partial charge in [0.15, 0.2) is 88.5 Å². The van der Waals surface area contributed by atoms with Crippen molar-refractivity contribution in [2.24, 2.45) is 0 Å². The molecule has 42 nitrogen and oxygen atoms in total. The summed E-state index contributed by atoms with van der Waals surface area (Å²) in [4.78, 5) is 187. The Morgan fingerprint density at radius 3 is 1.08 bits per heavy atom. The zero-order valence-electron chi connectivity index (χ0n) is 67.8. The van der Waals surface area contributed by atoms with Crippen molar-refractivity contribution < 1.29 is 140 Å². The first-order chi connectivity index (χ1) is 59.6. The number of methoxy groups -OCH3 is 7. The maximum absolute atomic E-state index is 13.0. The van der Waals surface area contributed by atoms with E-state index in [0.717, 1.165) is 103 Å². The molecule has 6 bridgehead atoms. The first-order valence-corrected chi connectivity index (χ1v) is 38.7. The van der Waals surface area contributed by atoms with E-state index in [4.69, 9.17) is 58.3 Å². The second-order valence-electron chi connectivity index (χ2n) is 29.7. The highest BCUT2D eigenvalue weighted by molar-refractivity contribution is 6.02. The standard InChI is InChI=1S/2C21H20FN3O5.C15H16N2O6.C13H17NO8.C11H13NO8/c2*22-12-3-1-11(2-4-12)8-23-20(28)15-9-24-10-16-25(13-5-6-14(7-13)30-16)21(29)17(24)19(27)18(15)26;1-22-13-11-14(19)17-7-2-3-8(4-7)23-10(17)6-16(11)5-9(12(13)18)15(20)21;1-19-8(20-2)6-14-5-7(12(16)17)10(15)11(21-3)9(14)13(18)22-4;1-19-9-7(11(18)20-2)12(4-6(13)14)3-5(8(9)15)10(16)17/h2*1-4,9,13-14,16,27H,5-8,10H2,(H,23,28);5,7-8,10H,2-4,6H2,1H3,(H,20,21);5,8H,6H2,1-4H3,(H,16,17);3,6,13-14H,4H2,1-2H3,(H,16,17)/t2*13-,14+,16+;7-,8+,10+;;/m111../s1. The van der Waals surface area contributed by atoms with Crippen LogP contribution < -0.4 is 52.0 Å². The Hall–Kier alpha value is -13.5. The van der Waals surface area contributed by atoms with E-state index in [2.05, 4.69) is 20.1 Å². The van der Waals surface area contributed by atoms with Crippen molar-refractivity contribution in [3.05, 3.63) is 210 Å². The van der Waals surface area contributed by atoms with Crippen LogP contribution in [0.1, 0.15) is 173 Å². The molecule has 5 amide bonds. The molecule has 5 aromatic heterocycles. The number of esters is 2. The van der Waals surface area contributed by atoms with Gasteiger partial charge in [-0.15, -0.1) is 0 Å². The number of aliphatic hydroxyl groups is 2. The Morgan fingerprint density at radius 2 is 0.752 bits per heavy atom. The van der Waals surface area contributed by atoms with Crippen LogP contribution in [-0.2, 0) is 79.0 Å².